The van der Waals surface area contributed by atoms with Crippen molar-refractivity contribution in [2.24, 2.45) is 0 Å². The van der Waals surface area contributed by atoms with Gasteiger partial charge in [-0.05, 0) is 42.3 Å². The maximum atomic E-state index is 12.4. The molecule has 6 nitrogen and oxygen atoms in total. The maximum Gasteiger partial charge on any atom is 0.422 e. The lowest BCUT2D eigenvalue weighted by Crippen LogP contribution is -2.23. The predicted molar refractivity (Wildman–Crippen MR) is 101 cm³/mol. The van der Waals surface area contributed by atoms with Crippen molar-refractivity contribution in [3.8, 4) is 11.5 Å². The number of carbonyl (C=O) groups excluding carboxylic acids is 2. The van der Waals surface area contributed by atoms with Crippen LogP contribution in [0.2, 0.25) is 5.02 Å². The average Bonchev–Trinajstić information content (AvgIpc) is 2.66. The number of rotatable bonds is 6. The molecule has 1 heterocycles. The molecule has 0 aromatic heterocycles. The van der Waals surface area contributed by atoms with Gasteiger partial charge >= 0.3 is 6.18 Å². The number of halogens is 4. The summed E-state index contributed by atoms with van der Waals surface area (Å²) in [5.74, 6) is -0.417. The van der Waals surface area contributed by atoms with Gasteiger partial charge in [-0.2, -0.15) is 13.2 Å². The third-order valence-corrected chi connectivity index (χ3v) is 4.19. The molecule has 0 aliphatic carbocycles. The van der Waals surface area contributed by atoms with Gasteiger partial charge in [0.05, 0.1) is 5.69 Å². The summed E-state index contributed by atoms with van der Waals surface area (Å²) >= 11 is 5.79. The van der Waals surface area contributed by atoms with Gasteiger partial charge < -0.3 is 20.1 Å². The van der Waals surface area contributed by atoms with Gasteiger partial charge in [-0.15, -0.1) is 0 Å². The standard InChI is InChI=1S/C19H16ClF3N2O4/c20-12-2-4-15(16(8-12)29-10-19(21,22)23)25-18(27)9-28-13-3-5-14-11(7-13)1-6-17(26)24-14/h2-5,7-8H,1,6,9-10H2,(H,24,26)(H,25,27). The third kappa shape index (κ3) is 6.02. The minimum Gasteiger partial charge on any atom is -0.484 e. The van der Waals surface area contributed by atoms with Gasteiger partial charge in [0, 0.05) is 23.2 Å². The van der Waals surface area contributed by atoms with E-state index >= 15 is 0 Å². The quantitative estimate of drug-likeness (QED) is 0.723. The molecule has 0 radical (unpaired) electrons. The van der Waals surface area contributed by atoms with E-state index in [2.05, 4.69) is 10.6 Å². The molecule has 2 amide bonds. The van der Waals surface area contributed by atoms with Crippen LogP contribution in [0.3, 0.4) is 0 Å². The van der Waals surface area contributed by atoms with Crippen LogP contribution in [0.1, 0.15) is 12.0 Å². The Kier molecular flexibility index (Phi) is 6.17. The van der Waals surface area contributed by atoms with Gasteiger partial charge in [-0.25, -0.2) is 0 Å². The molecule has 0 atom stereocenters. The van der Waals surface area contributed by atoms with Gasteiger partial charge in [0.25, 0.3) is 5.91 Å². The Morgan fingerprint density at radius 1 is 1.14 bits per heavy atom. The summed E-state index contributed by atoms with van der Waals surface area (Å²) in [5, 5.41) is 5.34. The lowest BCUT2D eigenvalue weighted by molar-refractivity contribution is -0.153. The lowest BCUT2D eigenvalue weighted by Gasteiger charge is -2.18. The SMILES string of the molecule is O=C1CCc2cc(OCC(=O)Nc3ccc(Cl)cc3OCC(F)(F)F)ccc2N1. The van der Waals surface area contributed by atoms with Gasteiger partial charge in [-0.3, -0.25) is 9.59 Å². The van der Waals surface area contributed by atoms with E-state index in [0.717, 1.165) is 5.56 Å². The first kappa shape index (κ1) is 20.8. The van der Waals surface area contributed by atoms with E-state index in [1.807, 2.05) is 0 Å². The van der Waals surface area contributed by atoms with Crippen LogP contribution in [0.25, 0.3) is 0 Å². The fraction of sp³-hybridized carbons (Fsp3) is 0.263. The van der Waals surface area contributed by atoms with Crippen LogP contribution in [0.15, 0.2) is 36.4 Å². The van der Waals surface area contributed by atoms with Crippen molar-refractivity contribution in [2.75, 3.05) is 23.8 Å². The summed E-state index contributed by atoms with van der Waals surface area (Å²) in [7, 11) is 0. The minimum absolute atomic E-state index is 0.0420. The zero-order valence-electron chi connectivity index (χ0n) is 14.9. The Morgan fingerprint density at radius 3 is 2.69 bits per heavy atom. The summed E-state index contributed by atoms with van der Waals surface area (Å²) in [4.78, 5) is 23.5. The molecule has 0 saturated heterocycles. The van der Waals surface area contributed by atoms with E-state index in [-0.39, 0.29) is 29.0 Å². The highest BCUT2D eigenvalue weighted by molar-refractivity contribution is 6.30. The van der Waals surface area contributed by atoms with Gasteiger partial charge in [0.15, 0.2) is 13.2 Å². The summed E-state index contributed by atoms with van der Waals surface area (Å²) in [5.41, 5.74) is 1.63. The van der Waals surface area contributed by atoms with Crippen molar-refractivity contribution in [1.29, 1.82) is 0 Å². The fourth-order valence-corrected chi connectivity index (χ4v) is 2.83. The van der Waals surface area contributed by atoms with Gasteiger partial charge in [-0.1, -0.05) is 11.6 Å². The van der Waals surface area contributed by atoms with Crippen LogP contribution >= 0.6 is 11.6 Å². The van der Waals surface area contributed by atoms with Crippen LogP contribution in [-0.4, -0.2) is 31.2 Å². The van der Waals surface area contributed by atoms with Crippen LogP contribution in [-0.2, 0) is 16.0 Å². The molecule has 154 valence electrons. The normalized spacial score (nSPS) is 13.3. The van der Waals surface area contributed by atoms with E-state index in [4.69, 9.17) is 21.1 Å². The molecule has 1 aliphatic heterocycles. The Labute approximate surface area is 168 Å². The molecule has 0 bridgehead atoms. The highest BCUT2D eigenvalue weighted by Crippen LogP contribution is 2.30. The topological polar surface area (TPSA) is 76.7 Å². The second kappa shape index (κ2) is 8.60. The van der Waals surface area contributed by atoms with Crippen molar-refractivity contribution in [3.05, 3.63) is 47.0 Å². The first-order valence-corrected chi connectivity index (χ1v) is 8.92. The molecule has 2 N–H and O–H groups in total. The Bertz CT molecular complexity index is 934. The molecule has 29 heavy (non-hydrogen) atoms. The van der Waals surface area contributed by atoms with Gasteiger partial charge in [0.2, 0.25) is 5.91 Å². The summed E-state index contributed by atoms with van der Waals surface area (Å²) in [6.45, 7) is -1.88. The first-order chi connectivity index (χ1) is 13.7. The molecule has 3 rings (SSSR count). The lowest BCUT2D eigenvalue weighted by atomic mass is 10.0. The number of carbonyl (C=O) groups is 2. The smallest absolute Gasteiger partial charge is 0.422 e. The number of fused-ring (bicyclic) bond motifs is 1. The van der Waals surface area contributed by atoms with Crippen molar-refractivity contribution in [3.63, 3.8) is 0 Å². The molecule has 1 aliphatic rings. The number of anilines is 2. The minimum atomic E-state index is -4.53. The van der Waals surface area contributed by atoms with E-state index in [1.54, 1.807) is 18.2 Å². The molecule has 10 heteroatoms. The van der Waals surface area contributed by atoms with E-state index in [0.29, 0.717) is 24.3 Å². The summed E-state index contributed by atoms with van der Waals surface area (Å²) in [6.07, 6.45) is -3.60. The summed E-state index contributed by atoms with van der Waals surface area (Å²) in [6, 6.07) is 8.95. The number of benzene rings is 2. The molecule has 0 unspecified atom stereocenters. The third-order valence-electron chi connectivity index (χ3n) is 3.95. The second-order valence-electron chi connectivity index (χ2n) is 6.25. The monoisotopic (exact) mass is 428 g/mol. The zero-order valence-corrected chi connectivity index (χ0v) is 15.7. The highest BCUT2D eigenvalue weighted by atomic mass is 35.5. The molecular weight excluding hydrogens is 413 g/mol. The number of amides is 2. The van der Waals surface area contributed by atoms with Gasteiger partial charge in [0.1, 0.15) is 11.5 Å². The maximum absolute atomic E-state index is 12.4. The van der Waals surface area contributed by atoms with Crippen molar-refractivity contribution in [1.82, 2.24) is 0 Å². The molecule has 2 aromatic carbocycles. The largest absolute Gasteiger partial charge is 0.484 e. The number of alkyl halides is 3. The second-order valence-corrected chi connectivity index (χ2v) is 6.68. The molecular formula is C19H16ClF3N2O4. The van der Waals surface area contributed by atoms with Crippen LogP contribution in [0.5, 0.6) is 11.5 Å². The number of hydrogen-bond acceptors (Lipinski definition) is 4. The molecule has 2 aromatic rings. The van der Waals surface area contributed by atoms with Crippen molar-refractivity contribution in [2.45, 2.75) is 19.0 Å². The van der Waals surface area contributed by atoms with Crippen molar-refractivity contribution >= 4 is 34.8 Å². The zero-order chi connectivity index (χ0) is 21.0. The summed E-state index contributed by atoms with van der Waals surface area (Å²) < 4.78 is 47.3. The molecule has 0 fully saturated rings. The molecule has 0 saturated carbocycles. The molecule has 0 spiro atoms. The number of ether oxygens (including phenoxy) is 2. The van der Waals surface area contributed by atoms with Crippen LogP contribution < -0.4 is 20.1 Å². The number of nitrogens with one attached hydrogen (secondary N) is 2. The number of hydrogen-bond donors (Lipinski definition) is 2. The Morgan fingerprint density at radius 2 is 1.93 bits per heavy atom. The van der Waals surface area contributed by atoms with E-state index in [1.165, 1.54) is 18.2 Å². The van der Waals surface area contributed by atoms with Crippen LogP contribution in [0.4, 0.5) is 24.5 Å². The predicted octanol–water partition coefficient (Wildman–Crippen LogP) is 4.18. The highest BCUT2D eigenvalue weighted by Gasteiger charge is 2.29. The van der Waals surface area contributed by atoms with Crippen LogP contribution in [0, 0.1) is 0 Å². The van der Waals surface area contributed by atoms with E-state index in [9.17, 15) is 22.8 Å². The fourth-order valence-electron chi connectivity index (χ4n) is 2.66. The average molecular weight is 429 g/mol. The first-order valence-electron chi connectivity index (χ1n) is 8.54. The van der Waals surface area contributed by atoms with Crippen molar-refractivity contribution < 1.29 is 32.2 Å². The Balaban J connectivity index is 1.60. The number of aryl methyl sites for hydroxylation is 1. The Hall–Kier alpha value is -2.94. The van der Waals surface area contributed by atoms with E-state index < -0.39 is 18.7 Å².